The van der Waals surface area contributed by atoms with Gasteiger partial charge in [0.15, 0.2) is 22.8 Å². The van der Waals surface area contributed by atoms with Gasteiger partial charge in [-0.2, -0.15) is 0 Å². The minimum atomic E-state index is -1.02. The van der Waals surface area contributed by atoms with Gasteiger partial charge in [0.05, 0.1) is 6.54 Å². The lowest BCUT2D eigenvalue weighted by atomic mass is 10.1. The Morgan fingerprint density at radius 1 is 1.06 bits per heavy atom. The number of aromatic nitrogens is 5. The van der Waals surface area contributed by atoms with Crippen molar-refractivity contribution >= 4 is 17.1 Å². The number of nitrogens with one attached hydrogen (secondary N) is 1. The van der Waals surface area contributed by atoms with E-state index in [1.807, 2.05) is 0 Å². The summed E-state index contributed by atoms with van der Waals surface area (Å²) in [5.41, 5.74) is -0.944. The molecular weight excluding hydrogens is 420 g/mol. The molecule has 0 bridgehead atoms. The van der Waals surface area contributed by atoms with E-state index in [2.05, 4.69) is 25.4 Å². The van der Waals surface area contributed by atoms with Crippen LogP contribution in [0.4, 0.5) is 14.7 Å². The van der Waals surface area contributed by atoms with Crippen LogP contribution < -0.4 is 16.6 Å². The highest BCUT2D eigenvalue weighted by molar-refractivity contribution is 5.69. The van der Waals surface area contributed by atoms with Crippen molar-refractivity contribution in [3.63, 3.8) is 0 Å². The zero-order valence-corrected chi connectivity index (χ0v) is 17.9. The van der Waals surface area contributed by atoms with Gasteiger partial charge in [-0.3, -0.25) is 13.9 Å². The summed E-state index contributed by atoms with van der Waals surface area (Å²) in [6, 6.07) is 3.34. The second-order valence-corrected chi connectivity index (χ2v) is 7.97. The van der Waals surface area contributed by atoms with Crippen molar-refractivity contribution in [2.75, 3.05) is 31.5 Å². The first kappa shape index (κ1) is 22.0. The van der Waals surface area contributed by atoms with Gasteiger partial charge in [-0.25, -0.2) is 18.6 Å². The van der Waals surface area contributed by atoms with E-state index in [4.69, 9.17) is 0 Å². The van der Waals surface area contributed by atoms with Gasteiger partial charge in [-0.1, -0.05) is 12.5 Å². The number of halogens is 2. The van der Waals surface area contributed by atoms with Crippen LogP contribution in [0.15, 0.2) is 27.8 Å². The van der Waals surface area contributed by atoms with E-state index in [0.29, 0.717) is 12.1 Å². The summed E-state index contributed by atoms with van der Waals surface area (Å²) in [6.07, 6.45) is 4.66. The van der Waals surface area contributed by atoms with Crippen LogP contribution in [0, 0.1) is 11.6 Å². The molecule has 3 heterocycles. The van der Waals surface area contributed by atoms with Crippen LogP contribution in [0.3, 0.4) is 0 Å². The minimum Gasteiger partial charge on any atom is -0.353 e. The third-order valence-corrected chi connectivity index (χ3v) is 5.66. The van der Waals surface area contributed by atoms with E-state index < -0.39 is 22.9 Å². The summed E-state index contributed by atoms with van der Waals surface area (Å²) in [5.74, 6) is -1.81. The monoisotopic (exact) mass is 445 g/mol. The highest BCUT2D eigenvalue weighted by Crippen LogP contribution is 2.12. The van der Waals surface area contributed by atoms with E-state index in [1.54, 1.807) is 0 Å². The molecule has 1 N–H and O–H groups in total. The molecule has 9 nitrogen and oxygen atoms in total. The summed E-state index contributed by atoms with van der Waals surface area (Å²) >= 11 is 0. The Bertz CT molecular complexity index is 1240. The van der Waals surface area contributed by atoms with Crippen molar-refractivity contribution in [2.45, 2.75) is 32.2 Å². The van der Waals surface area contributed by atoms with Gasteiger partial charge in [-0.05, 0) is 56.6 Å². The largest absolute Gasteiger partial charge is 0.353 e. The lowest BCUT2D eigenvalue weighted by Crippen LogP contribution is -2.39. The molecule has 0 unspecified atom stereocenters. The molecule has 11 heteroatoms. The third kappa shape index (κ3) is 4.67. The van der Waals surface area contributed by atoms with Crippen molar-refractivity contribution in [2.24, 2.45) is 7.05 Å². The first-order valence-electron chi connectivity index (χ1n) is 10.7. The molecule has 1 saturated heterocycles. The van der Waals surface area contributed by atoms with Crippen LogP contribution in [-0.4, -0.2) is 55.4 Å². The molecule has 1 fully saturated rings. The van der Waals surface area contributed by atoms with Crippen LogP contribution in [0.2, 0.25) is 0 Å². The Morgan fingerprint density at radius 3 is 2.59 bits per heavy atom. The second kappa shape index (κ2) is 9.51. The smallest absolute Gasteiger partial charge is 0.332 e. The van der Waals surface area contributed by atoms with Crippen LogP contribution in [0.25, 0.3) is 11.2 Å². The number of piperidine rings is 1. The lowest BCUT2D eigenvalue weighted by Gasteiger charge is -2.26. The highest BCUT2D eigenvalue weighted by atomic mass is 19.2. The number of anilines is 1. The van der Waals surface area contributed by atoms with Crippen LogP contribution in [0.5, 0.6) is 0 Å². The van der Waals surface area contributed by atoms with Gasteiger partial charge >= 0.3 is 5.69 Å². The summed E-state index contributed by atoms with van der Waals surface area (Å²) in [5, 5.41) is 11.1. The molecule has 0 saturated carbocycles. The Balaban J connectivity index is 1.55. The first-order chi connectivity index (χ1) is 15.4. The van der Waals surface area contributed by atoms with Gasteiger partial charge in [0.1, 0.15) is 0 Å². The SMILES string of the molecule is Cn1c(=O)c2nc(NCCCN3CCCCC3)nnc2n(Cc2ccc(F)c(F)c2)c1=O. The molecule has 4 rings (SSSR count). The third-order valence-electron chi connectivity index (χ3n) is 5.66. The van der Waals surface area contributed by atoms with Crippen molar-refractivity contribution < 1.29 is 8.78 Å². The van der Waals surface area contributed by atoms with Gasteiger partial charge in [-0.15, -0.1) is 10.2 Å². The molecule has 0 spiro atoms. The van der Waals surface area contributed by atoms with Crippen LogP contribution >= 0.6 is 0 Å². The summed E-state index contributed by atoms with van der Waals surface area (Å²) in [4.78, 5) is 32.0. The average Bonchev–Trinajstić information content (AvgIpc) is 2.81. The van der Waals surface area contributed by atoms with E-state index in [9.17, 15) is 18.4 Å². The molecular formula is C21H25F2N7O2. The fraction of sp³-hybridized carbons (Fsp3) is 0.476. The number of rotatable bonds is 7. The normalized spacial score (nSPS) is 14.7. The maximum Gasteiger partial charge on any atom is 0.332 e. The zero-order chi connectivity index (χ0) is 22.7. The van der Waals surface area contributed by atoms with E-state index >= 15 is 0 Å². The van der Waals surface area contributed by atoms with Crippen LogP contribution in [0.1, 0.15) is 31.2 Å². The highest BCUT2D eigenvalue weighted by Gasteiger charge is 2.16. The first-order valence-corrected chi connectivity index (χ1v) is 10.7. The maximum absolute atomic E-state index is 13.6. The molecule has 32 heavy (non-hydrogen) atoms. The summed E-state index contributed by atoms with van der Waals surface area (Å²) in [7, 11) is 1.33. The van der Waals surface area contributed by atoms with Gasteiger partial charge < -0.3 is 10.2 Å². The molecule has 170 valence electrons. The maximum atomic E-state index is 13.6. The molecule has 0 atom stereocenters. The van der Waals surface area contributed by atoms with Crippen molar-refractivity contribution in [3.8, 4) is 0 Å². The molecule has 1 aliphatic rings. The molecule has 1 aliphatic heterocycles. The number of hydrogen-bond acceptors (Lipinski definition) is 7. The standard InChI is InChI=1S/C21H25F2N7O2/c1-28-19(31)17-18(30(21(28)32)13-14-6-7-15(22)16(23)12-14)26-27-20(25-17)24-8-5-11-29-9-3-2-4-10-29/h6-7,12H,2-5,8-11,13H2,1H3,(H,24,25,27). The fourth-order valence-corrected chi connectivity index (χ4v) is 3.89. The quantitative estimate of drug-likeness (QED) is 0.551. The van der Waals surface area contributed by atoms with E-state index in [0.717, 1.165) is 42.8 Å². The van der Waals surface area contributed by atoms with Crippen LogP contribution in [-0.2, 0) is 13.6 Å². The average molecular weight is 445 g/mol. The predicted octanol–water partition coefficient (Wildman–Crippen LogP) is 1.50. The molecule has 3 aromatic rings. The Kier molecular flexibility index (Phi) is 6.54. The summed E-state index contributed by atoms with van der Waals surface area (Å²) in [6.45, 7) is 3.74. The van der Waals surface area contributed by atoms with Gasteiger partial charge in [0, 0.05) is 13.6 Å². The van der Waals surface area contributed by atoms with Crippen molar-refractivity contribution in [1.29, 1.82) is 0 Å². The van der Waals surface area contributed by atoms with Gasteiger partial charge in [0.25, 0.3) is 5.56 Å². The Labute approximate surface area is 182 Å². The van der Waals surface area contributed by atoms with Gasteiger partial charge in [0.2, 0.25) is 5.95 Å². The van der Waals surface area contributed by atoms with E-state index in [1.165, 1.54) is 36.9 Å². The Hall–Kier alpha value is -3.21. The Morgan fingerprint density at radius 2 is 1.84 bits per heavy atom. The van der Waals surface area contributed by atoms with E-state index in [-0.39, 0.29) is 23.7 Å². The second-order valence-electron chi connectivity index (χ2n) is 7.97. The zero-order valence-electron chi connectivity index (χ0n) is 17.9. The van der Waals surface area contributed by atoms with Crippen molar-refractivity contribution in [3.05, 3.63) is 56.2 Å². The molecule has 1 aromatic carbocycles. The molecule has 0 amide bonds. The number of nitrogens with zero attached hydrogens (tertiary/aromatic N) is 6. The molecule has 2 aromatic heterocycles. The number of hydrogen-bond donors (Lipinski definition) is 1. The topological polar surface area (TPSA) is 97.9 Å². The lowest BCUT2D eigenvalue weighted by molar-refractivity contribution is 0.228. The summed E-state index contributed by atoms with van der Waals surface area (Å²) < 4.78 is 28.9. The molecule has 0 radical (unpaired) electrons. The number of benzene rings is 1. The predicted molar refractivity (Wildman–Crippen MR) is 116 cm³/mol. The minimum absolute atomic E-state index is 0.0123. The number of likely N-dealkylation sites (tertiary alicyclic amines) is 1. The number of fused-ring (bicyclic) bond motifs is 1. The fourth-order valence-electron chi connectivity index (χ4n) is 3.89. The molecule has 0 aliphatic carbocycles. The van der Waals surface area contributed by atoms with Crippen molar-refractivity contribution in [1.82, 2.24) is 29.2 Å².